The second-order valence-corrected chi connectivity index (χ2v) is 8.06. The summed E-state index contributed by atoms with van der Waals surface area (Å²) in [5.74, 6) is 2.20. The molecule has 0 aliphatic carbocycles. The van der Waals surface area contributed by atoms with Crippen LogP contribution in [0.2, 0.25) is 0 Å². The molecule has 0 saturated carbocycles. The number of carbonyl (C=O) groups is 2. The number of hydrogen-bond acceptors (Lipinski definition) is 4. The van der Waals surface area contributed by atoms with Crippen molar-refractivity contribution < 1.29 is 14.3 Å². The highest BCUT2D eigenvalue weighted by atomic mass is 35.5. The van der Waals surface area contributed by atoms with E-state index >= 15 is 0 Å². The highest BCUT2D eigenvalue weighted by molar-refractivity contribution is 5.85. The number of nitrogens with zero attached hydrogens (tertiary/aromatic N) is 2. The van der Waals surface area contributed by atoms with Gasteiger partial charge in [0.1, 0.15) is 5.75 Å². The molecule has 2 fully saturated rings. The molecule has 1 unspecified atom stereocenters. The molecule has 1 N–H and O–H groups in total. The van der Waals surface area contributed by atoms with Crippen molar-refractivity contribution in [1.29, 1.82) is 0 Å². The largest absolute Gasteiger partial charge is 0.497 e. The van der Waals surface area contributed by atoms with Crippen LogP contribution in [0.25, 0.3) is 0 Å². The molecule has 0 radical (unpaired) electrons. The molecule has 7 heteroatoms. The van der Waals surface area contributed by atoms with Gasteiger partial charge in [-0.05, 0) is 55.5 Å². The number of methoxy groups -OCH3 is 1. The van der Waals surface area contributed by atoms with Crippen molar-refractivity contribution in [2.45, 2.75) is 32.6 Å². The van der Waals surface area contributed by atoms with Crippen LogP contribution in [-0.4, -0.2) is 68.0 Å². The minimum absolute atomic E-state index is 0. The van der Waals surface area contributed by atoms with Crippen molar-refractivity contribution in [3.8, 4) is 5.75 Å². The van der Waals surface area contributed by atoms with Crippen LogP contribution in [0, 0.1) is 11.8 Å². The minimum atomic E-state index is 0. The van der Waals surface area contributed by atoms with Crippen LogP contribution in [0.1, 0.15) is 31.7 Å². The standard InChI is InChI=1S/C22H33N3O3.ClH/c1-17(19-6-8-23-9-7-19)14-21(26)24-10-12-25(13-11-24)22(27)16-18-4-3-5-20(15-18)28-2;/h3-5,15,17,19,23H,6-14,16H2,1-2H3;1H. The Morgan fingerprint density at radius 2 is 1.72 bits per heavy atom. The SMILES string of the molecule is COc1cccc(CC(=O)N2CCN(C(=O)CC(C)C3CCNCC3)CC2)c1.Cl. The topological polar surface area (TPSA) is 61.9 Å². The van der Waals surface area contributed by atoms with Crippen molar-refractivity contribution >= 4 is 24.2 Å². The number of amides is 2. The Morgan fingerprint density at radius 3 is 2.34 bits per heavy atom. The van der Waals surface area contributed by atoms with Gasteiger partial charge < -0.3 is 19.9 Å². The Balaban J connectivity index is 0.00000300. The maximum atomic E-state index is 12.7. The molecule has 3 rings (SSSR count). The molecule has 2 amide bonds. The van der Waals surface area contributed by atoms with E-state index in [4.69, 9.17) is 4.74 Å². The van der Waals surface area contributed by atoms with E-state index < -0.39 is 0 Å². The Morgan fingerprint density at radius 1 is 1.10 bits per heavy atom. The fraction of sp³-hybridized carbons (Fsp3) is 0.636. The van der Waals surface area contributed by atoms with Crippen molar-refractivity contribution in [2.75, 3.05) is 46.4 Å². The van der Waals surface area contributed by atoms with E-state index in [1.165, 1.54) is 12.8 Å². The lowest BCUT2D eigenvalue weighted by molar-refractivity contribution is -0.140. The average molecular weight is 424 g/mol. The van der Waals surface area contributed by atoms with Crippen molar-refractivity contribution in [1.82, 2.24) is 15.1 Å². The van der Waals surface area contributed by atoms with Gasteiger partial charge in [-0.2, -0.15) is 0 Å². The quantitative estimate of drug-likeness (QED) is 0.763. The third kappa shape index (κ3) is 6.61. The van der Waals surface area contributed by atoms with E-state index in [9.17, 15) is 9.59 Å². The van der Waals surface area contributed by atoms with Gasteiger partial charge in [-0.15, -0.1) is 12.4 Å². The maximum absolute atomic E-state index is 12.7. The average Bonchev–Trinajstić information content (AvgIpc) is 2.74. The first kappa shape index (κ1) is 23.5. The van der Waals surface area contributed by atoms with Gasteiger partial charge in [-0.25, -0.2) is 0 Å². The molecule has 29 heavy (non-hydrogen) atoms. The summed E-state index contributed by atoms with van der Waals surface area (Å²) >= 11 is 0. The number of nitrogens with one attached hydrogen (secondary N) is 1. The van der Waals surface area contributed by atoms with Gasteiger partial charge in [0.25, 0.3) is 0 Å². The molecular weight excluding hydrogens is 390 g/mol. The Labute approximate surface area is 180 Å². The van der Waals surface area contributed by atoms with Crippen LogP contribution >= 0.6 is 12.4 Å². The molecular formula is C22H34ClN3O3. The molecule has 0 bridgehead atoms. The van der Waals surface area contributed by atoms with Gasteiger partial charge >= 0.3 is 0 Å². The Bertz CT molecular complexity index is 671. The predicted molar refractivity (Wildman–Crippen MR) is 116 cm³/mol. The first-order chi connectivity index (χ1) is 13.6. The van der Waals surface area contributed by atoms with Crippen LogP contribution in [0.15, 0.2) is 24.3 Å². The Hall–Kier alpha value is -1.79. The summed E-state index contributed by atoms with van der Waals surface area (Å²) < 4.78 is 5.23. The highest BCUT2D eigenvalue weighted by Gasteiger charge is 2.27. The zero-order valence-corrected chi connectivity index (χ0v) is 18.4. The summed E-state index contributed by atoms with van der Waals surface area (Å²) in [5, 5.41) is 3.39. The van der Waals surface area contributed by atoms with Crippen molar-refractivity contribution in [2.24, 2.45) is 11.8 Å². The zero-order valence-electron chi connectivity index (χ0n) is 17.6. The fourth-order valence-corrected chi connectivity index (χ4v) is 4.26. The monoisotopic (exact) mass is 423 g/mol. The molecule has 1 aromatic rings. The number of hydrogen-bond donors (Lipinski definition) is 1. The summed E-state index contributed by atoms with van der Waals surface area (Å²) in [6.07, 6.45) is 3.34. The second kappa shape index (κ2) is 11.4. The fourth-order valence-electron chi connectivity index (χ4n) is 4.26. The summed E-state index contributed by atoms with van der Waals surface area (Å²) in [6.45, 7) is 6.87. The van der Waals surface area contributed by atoms with Gasteiger partial charge in [0.15, 0.2) is 0 Å². The molecule has 6 nitrogen and oxygen atoms in total. The molecule has 2 aliphatic heterocycles. The maximum Gasteiger partial charge on any atom is 0.227 e. The molecule has 1 atom stereocenters. The molecule has 0 aromatic heterocycles. The summed E-state index contributed by atoms with van der Waals surface area (Å²) in [7, 11) is 1.63. The van der Waals surface area contributed by atoms with E-state index in [0.717, 1.165) is 24.4 Å². The van der Waals surface area contributed by atoms with Crippen molar-refractivity contribution in [3.63, 3.8) is 0 Å². The number of rotatable bonds is 6. The molecule has 2 heterocycles. The third-order valence-corrected chi connectivity index (χ3v) is 6.16. The van der Waals surface area contributed by atoms with Crippen LogP contribution in [0.4, 0.5) is 0 Å². The Kier molecular flexibility index (Phi) is 9.24. The molecule has 162 valence electrons. The van der Waals surface area contributed by atoms with Gasteiger partial charge in [-0.1, -0.05) is 19.1 Å². The van der Waals surface area contributed by atoms with Gasteiger partial charge in [0.2, 0.25) is 11.8 Å². The number of piperidine rings is 1. The highest BCUT2D eigenvalue weighted by Crippen LogP contribution is 2.25. The van der Waals surface area contributed by atoms with Gasteiger partial charge in [-0.3, -0.25) is 9.59 Å². The lowest BCUT2D eigenvalue weighted by Crippen LogP contribution is -2.51. The summed E-state index contributed by atoms with van der Waals surface area (Å²) in [4.78, 5) is 29.1. The smallest absolute Gasteiger partial charge is 0.227 e. The number of halogens is 1. The first-order valence-electron chi connectivity index (χ1n) is 10.5. The lowest BCUT2D eigenvalue weighted by atomic mass is 9.84. The molecule has 0 spiro atoms. The molecule has 1 aromatic carbocycles. The van der Waals surface area contributed by atoms with Gasteiger partial charge in [0, 0.05) is 32.6 Å². The predicted octanol–water partition coefficient (Wildman–Crippen LogP) is 2.36. The van der Waals surface area contributed by atoms with Crippen LogP contribution in [-0.2, 0) is 16.0 Å². The summed E-state index contributed by atoms with van der Waals surface area (Å²) in [6, 6.07) is 7.63. The lowest BCUT2D eigenvalue weighted by Gasteiger charge is -2.36. The minimum Gasteiger partial charge on any atom is -0.497 e. The second-order valence-electron chi connectivity index (χ2n) is 8.06. The summed E-state index contributed by atoms with van der Waals surface area (Å²) in [5.41, 5.74) is 0.957. The normalized spacial score (nSPS) is 18.7. The van der Waals surface area contributed by atoms with Crippen LogP contribution in [0.3, 0.4) is 0 Å². The number of carbonyl (C=O) groups excluding carboxylic acids is 2. The van der Waals surface area contributed by atoms with E-state index in [2.05, 4.69) is 12.2 Å². The van der Waals surface area contributed by atoms with E-state index in [1.807, 2.05) is 34.1 Å². The van der Waals surface area contributed by atoms with Gasteiger partial charge in [0.05, 0.1) is 13.5 Å². The number of benzene rings is 1. The van der Waals surface area contributed by atoms with E-state index in [0.29, 0.717) is 50.9 Å². The third-order valence-electron chi connectivity index (χ3n) is 6.16. The number of ether oxygens (including phenoxy) is 1. The zero-order chi connectivity index (χ0) is 19.9. The van der Waals surface area contributed by atoms with E-state index in [-0.39, 0.29) is 24.2 Å². The van der Waals surface area contributed by atoms with Crippen LogP contribution < -0.4 is 10.1 Å². The molecule has 2 saturated heterocycles. The number of piperazine rings is 1. The van der Waals surface area contributed by atoms with Crippen molar-refractivity contribution in [3.05, 3.63) is 29.8 Å². The van der Waals surface area contributed by atoms with Crippen LogP contribution in [0.5, 0.6) is 5.75 Å². The first-order valence-corrected chi connectivity index (χ1v) is 10.5. The molecule has 2 aliphatic rings. The van der Waals surface area contributed by atoms with E-state index in [1.54, 1.807) is 7.11 Å².